The summed E-state index contributed by atoms with van der Waals surface area (Å²) in [7, 11) is 3.29. The van der Waals surface area contributed by atoms with Crippen molar-refractivity contribution in [1.29, 1.82) is 0 Å². The van der Waals surface area contributed by atoms with E-state index in [9.17, 15) is 0 Å². The van der Waals surface area contributed by atoms with Crippen LogP contribution in [0.1, 0.15) is 25.3 Å². The highest BCUT2D eigenvalue weighted by Crippen LogP contribution is 2.36. The Hall–Kier alpha value is -0.970. The van der Waals surface area contributed by atoms with Crippen LogP contribution in [-0.4, -0.2) is 44.9 Å². The van der Waals surface area contributed by atoms with E-state index in [0.717, 1.165) is 37.6 Å². The predicted molar refractivity (Wildman–Crippen MR) is 84.5 cm³/mol. The quantitative estimate of drug-likeness (QED) is 0.772. The number of rotatable bonds is 7. The van der Waals surface area contributed by atoms with Crippen LogP contribution in [0.3, 0.4) is 0 Å². The second kappa shape index (κ2) is 7.87. The lowest BCUT2D eigenvalue weighted by molar-refractivity contribution is 0.0820. The molecule has 0 radical (unpaired) electrons. The fourth-order valence-electron chi connectivity index (χ4n) is 2.89. The lowest BCUT2D eigenvalue weighted by Gasteiger charge is -2.25. The molecule has 0 bridgehead atoms. The monoisotopic (exact) mass is 313 g/mol. The first kappa shape index (κ1) is 16.4. The van der Waals surface area contributed by atoms with Gasteiger partial charge in [0.1, 0.15) is 0 Å². The van der Waals surface area contributed by atoms with Crippen molar-refractivity contribution in [3.05, 3.63) is 22.7 Å². The van der Waals surface area contributed by atoms with Crippen LogP contribution in [-0.2, 0) is 11.3 Å². The van der Waals surface area contributed by atoms with Gasteiger partial charge in [-0.2, -0.15) is 0 Å². The number of benzene rings is 1. The van der Waals surface area contributed by atoms with E-state index in [2.05, 4.69) is 4.90 Å². The van der Waals surface area contributed by atoms with Gasteiger partial charge >= 0.3 is 0 Å². The highest BCUT2D eigenvalue weighted by molar-refractivity contribution is 6.30. The summed E-state index contributed by atoms with van der Waals surface area (Å²) in [5.74, 6) is 1.45. The number of ether oxygens (including phenoxy) is 3. The minimum absolute atomic E-state index is 0.472. The van der Waals surface area contributed by atoms with E-state index in [1.54, 1.807) is 20.3 Å². The van der Waals surface area contributed by atoms with Gasteiger partial charge in [-0.3, -0.25) is 4.90 Å². The van der Waals surface area contributed by atoms with Gasteiger partial charge in [-0.25, -0.2) is 0 Å². The van der Waals surface area contributed by atoms with Crippen LogP contribution < -0.4 is 9.47 Å². The molecular weight excluding hydrogens is 290 g/mol. The van der Waals surface area contributed by atoms with Gasteiger partial charge < -0.3 is 14.2 Å². The molecule has 1 aromatic carbocycles. The van der Waals surface area contributed by atoms with E-state index in [1.807, 2.05) is 13.0 Å². The van der Waals surface area contributed by atoms with Gasteiger partial charge in [0.2, 0.25) is 0 Å². The molecule has 1 saturated heterocycles. The SMILES string of the molecule is CCOC[C@H]1CCCN1Cc1cc(Cl)cc(OC)c1OC. The van der Waals surface area contributed by atoms with E-state index in [0.29, 0.717) is 16.8 Å². The van der Waals surface area contributed by atoms with Gasteiger partial charge in [0.25, 0.3) is 0 Å². The van der Waals surface area contributed by atoms with Crippen molar-refractivity contribution < 1.29 is 14.2 Å². The molecule has 118 valence electrons. The Labute approximate surface area is 131 Å². The molecular formula is C16H24ClNO3. The van der Waals surface area contributed by atoms with Crippen LogP contribution in [0.4, 0.5) is 0 Å². The Morgan fingerprint density at radius 2 is 2.10 bits per heavy atom. The molecule has 21 heavy (non-hydrogen) atoms. The Balaban J connectivity index is 2.16. The van der Waals surface area contributed by atoms with Crippen LogP contribution in [0.25, 0.3) is 0 Å². The predicted octanol–water partition coefficient (Wildman–Crippen LogP) is 3.36. The van der Waals surface area contributed by atoms with Gasteiger partial charge in [0.15, 0.2) is 11.5 Å². The van der Waals surface area contributed by atoms with Crippen LogP contribution in [0, 0.1) is 0 Å². The summed E-state index contributed by atoms with van der Waals surface area (Å²) >= 11 is 6.18. The lowest BCUT2D eigenvalue weighted by atomic mass is 10.1. The zero-order valence-electron chi connectivity index (χ0n) is 13.0. The molecule has 0 aliphatic carbocycles. The average molecular weight is 314 g/mol. The summed E-state index contributed by atoms with van der Waals surface area (Å²) < 4.78 is 16.5. The second-order valence-electron chi connectivity index (χ2n) is 5.23. The molecule has 1 aliphatic rings. The van der Waals surface area contributed by atoms with E-state index in [4.69, 9.17) is 25.8 Å². The van der Waals surface area contributed by atoms with Gasteiger partial charge in [-0.1, -0.05) is 11.6 Å². The molecule has 0 spiro atoms. The molecule has 4 nitrogen and oxygen atoms in total. The topological polar surface area (TPSA) is 30.9 Å². The zero-order chi connectivity index (χ0) is 15.2. The smallest absolute Gasteiger partial charge is 0.165 e. The maximum absolute atomic E-state index is 6.18. The zero-order valence-corrected chi connectivity index (χ0v) is 13.8. The maximum atomic E-state index is 6.18. The highest BCUT2D eigenvalue weighted by Gasteiger charge is 2.26. The summed E-state index contributed by atoms with van der Waals surface area (Å²) in [6.07, 6.45) is 2.39. The van der Waals surface area contributed by atoms with E-state index in [1.165, 1.54) is 12.8 Å². The first-order valence-electron chi connectivity index (χ1n) is 7.41. The van der Waals surface area contributed by atoms with Gasteiger partial charge in [-0.15, -0.1) is 0 Å². The average Bonchev–Trinajstić information content (AvgIpc) is 2.91. The summed E-state index contributed by atoms with van der Waals surface area (Å²) in [5.41, 5.74) is 1.06. The number of methoxy groups -OCH3 is 2. The van der Waals surface area contributed by atoms with Gasteiger partial charge in [0, 0.05) is 35.8 Å². The molecule has 0 unspecified atom stereocenters. The van der Waals surface area contributed by atoms with Crippen molar-refractivity contribution in [2.24, 2.45) is 0 Å². The van der Waals surface area contributed by atoms with Crippen molar-refractivity contribution in [1.82, 2.24) is 4.90 Å². The first-order chi connectivity index (χ1) is 10.2. The summed E-state index contributed by atoms with van der Waals surface area (Å²) in [4.78, 5) is 2.43. The number of hydrogen-bond acceptors (Lipinski definition) is 4. The van der Waals surface area contributed by atoms with Crippen LogP contribution in [0.15, 0.2) is 12.1 Å². The molecule has 1 aromatic rings. The van der Waals surface area contributed by atoms with Crippen molar-refractivity contribution in [3.8, 4) is 11.5 Å². The van der Waals surface area contributed by atoms with E-state index in [-0.39, 0.29) is 0 Å². The minimum atomic E-state index is 0.472. The minimum Gasteiger partial charge on any atom is -0.493 e. The molecule has 1 aliphatic heterocycles. The highest BCUT2D eigenvalue weighted by atomic mass is 35.5. The number of nitrogens with zero attached hydrogens (tertiary/aromatic N) is 1. The normalized spacial score (nSPS) is 19.0. The van der Waals surface area contributed by atoms with Crippen molar-refractivity contribution in [3.63, 3.8) is 0 Å². The molecule has 0 aromatic heterocycles. The van der Waals surface area contributed by atoms with Crippen LogP contribution in [0.2, 0.25) is 5.02 Å². The summed E-state index contributed by atoms with van der Waals surface area (Å²) in [6.45, 7) is 5.47. The molecule has 1 fully saturated rings. The van der Waals surface area contributed by atoms with Gasteiger partial charge in [-0.05, 0) is 32.4 Å². The number of halogens is 1. The van der Waals surface area contributed by atoms with E-state index >= 15 is 0 Å². The Morgan fingerprint density at radius 1 is 1.29 bits per heavy atom. The lowest BCUT2D eigenvalue weighted by Crippen LogP contribution is -2.32. The molecule has 1 atom stereocenters. The van der Waals surface area contributed by atoms with Crippen molar-refractivity contribution >= 4 is 11.6 Å². The number of hydrogen-bond donors (Lipinski definition) is 0. The Bertz CT molecular complexity index is 467. The first-order valence-corrected chi connectivity index (χ1v) is 7.79. The van der Waals surface area contributed by atoms with Crippen LogP contribution in [0.5, 0.6) is 11.5 Å². The summed E-state index contributed by atoms with van der Waals surface area (Å²) in [5, 5.41) is 0.670. The van der Waals surface area contributed by atoms with Gasteiger partial charge in [0.05, 0.1) is 20.8 Å². The third-order valence-corrected chi connectivity index (χ3v) is 4.13. The fourth-order valence-corrected chi connectivity index (χ4v) is 3.12. The largest absolute Gasteiger partial charge is 0.493 e. The third-order valence-electron chi connectivity index (χ3n) is 3.91. The van der Waals surface area contributed by atoms with Crippen molar-refractivity contribution in [2.45, 2.75) is 32.4 Å². The Morgan fingerprint density at radius 3 is 2.76 bits per heavy atom. The summed E-state index contributed by atoms with van der Waals surface area (Å²) in [6, 6.07) is 4.21. The molecule has 1 heterocycles. The van der Waals surface area contributed by atoms with Crippen molar-refractivity contribution in [2.75, 3.05) is 34.0 Å². The molecule has 0 N–H and O–H groups in total. The molecule has 0 amide bonds. The fraction of sp³-hybridized carbons (Fsp3) is 0.625. The van der Waals surface area contributed by atoms with E-state index < -0.39 is 0 Å². The Kier molecular flexibility index (Phi) is 6.15. The number of likely N-dealkylation sites (tertiary alicyclic amines) is 1. The van der Waals surface area contributed by atoms with Crippen LogP contribution >= 0.6 is 11.6 Å². The molecule has 0 saturated carbocycles. The maximum Gasteiger partial charge on any atom is 0.165 e. The second-order valence-corrected chi connectivity index (χ2v) is 5.66. The molecule has 2 rings (SSSR count). The standard InChI is InChI=1S/C16H24ClNO3/c1-4-21-11-14-6-5-7-18(14)10-12-8-13(17)9-15(19-2)16(12)20-3/h8-9,14H,4-7,10-11H2,1-3H3/t14-/m1/s1. The molecule has 5 heteroatoms. The third kappa shape index (κ3) is 4.02.